The molecule has 0 amide bonds. The Morgan fingerprint density at radius 1 is 0.476 bits per heavy atom. The highest BCUT2D eigenvalue weighted by Crippen LogP contribution is 2.36. The van der Waals surface area contributed by atoms with E-state index in [0.717, 1.165) is 37.7 Å². The molecule has 42 heavy (non-hydrogen) atoms. The first-order valence-electron chi connectivity index (χ1n) is 14.7. The Kier molecular flexibility index (Phi) is 9.48. The third kappa shape index (κ3) is 7.13. The van der Waals surface area contributed by atoms with E-state index in [4.69, 9.17) is 9.47 Å². The normalized spacial score (nSPS) is 11.8. The highest BCUT2D eigenvalue weighted by Gasteiger charge is 2.14. The van der Waals surface area contributed by atoms with Gasteiger partial charge in [-0.05, 0) is 113 Å². The van der Waals surface area contributed by atoms with Crippen molar-refractivity contribution in [2.24, 2.45) is 0 Å². The summed E-state index contributed by atoms with van der Waals surface area (Å²) >= 11 is 0. The first-order valence-corrected chi connectivity index (χ1v) is 14.7. The van der Waals surface area contributed by atoms with Crippen LogP contribution in [0.1, 0.15) is 0 Å². The molecule has 5 rings (SSSR count). The van der Waals surface area contributed by atoms with Gasteiger partial charge in [0.2, 0.25) is 0 Å². The highest BCUT2D eigenvalue weighted by molar-refractivity contribution is 6.10. The van der Waals surface area contributed by atoms with Crippen molar-refractivity contribution in [2.75, 3.05) is 75.1 Å². The van der Waals surface area contributed by atoms with Gasteiger partial charge in [0.15, 0.2) is 0 Å². The fourth-order valence-electron chi connectivity index (χ4n) is 5.18. The highest BCUT2D eigenvalue weighted by atomic mass is 16.5. The standard InChI is InChI=1S/C36H44N4O2/c1-37(2)19-20-40-35-17-11-29(27-7-13-31(14-8-27)41-23-21-38(3)4)25-33(35)34-26-30(12-18-36(34)40)28-9-15-32(16-10-28)42-24-22-39(5)6/h7-18,25-26H,19-24H2,1-6H3. The summed E-state index contributed by atoms with van der Waals surface area (Å²) in [6.07, 6.45) is 0. The van der Waals surface area contributed by atoms with E-state index in [1.165, 1.54) is 44.1 Å². The van der Waals surface area contributed by atoms with Gasteiger partial charge in [-0.15, -0.1) is 0 Å². The summed E-state index contributed by atoms with van der Waals surface area (Å²) < 4.78 is 14.3. The Bertz CT molecular complexity index is 1490. The molecule has 0 aliphatic rings. The van der Waals surface area contributed by atoms with E-state index in [2.05, 4.69) is 146 Å². The maximum absolute atomic E-state index is 5.92. The number of aromatic nitrogens is 1. The van der Waals surface area contributed by atoms with Crippen LogP contribution in [0.5, 0.6) is 11.5 Å². The van der Waals surface area contributed by atoms with Crippen LogP contribution < -0.4 is 9.47 Å². The molecule has 0 unspecified atom stereocenters. The summed E-state index contributed by atoms with van der Waals surface area (Å²) in [6.45, 7) is 5.06. The van der Waals surface area contributed by atoms with E-state index >= 15 is 0 Å². The van der Waals surface area contributed by atoms with Gasteiger partial charge in [0.05, 0.1) is 0 Å². The smallest absolute Gasteiger partial charge is 0.119 e. The van der Waals surface area contributed by atoms with E-state index in [1.54, 1.807) is 0 Å². The Balaban J connectivity index is 1.48. The van der Waals surface area contributed by atoms with E-state index in [0.29, 0.717) is 13.2 Å². The van der Waals surface area contributed by atoms with Crippen LogP contribution in [-0.4, -0.2) is 94.4 Å². The summed E-state index contributed by atoms with van der Waals surface area (Å²) in [5.41, 5.74) is 7.32. The number of nitrogens with zero attached hydrogens (tertiary/aromatic N) is 4. The number of hydrogen-bond acceptors (Lipinski definition) is 5. The number of ether oxygens (including phenoxy) is 2. The predicted molar refractivity (Wildman–Crippen MR) is 177 cm³/mol. The molecule has 5 aromatic rings. The lowest BCUT2D eigenvalue weighted by atomic mass is 10.00. The summed E-state index contributed by atoms with van der Waals surface area (Å²) in [5, 5.41) is 2.55. The van der Waals surface area contributed by atoms with E-state index < -0.39 is 0 Å². The number of likely N-dealkylation sites (N-methyl/N-ethyl adjacent to an activating group) is 3. The van der Waals surface area contributed by atoms with Crippen LogP contribution in [-0.2, 0) is 6.54 Å². The van der Waals surface area contributed by atoms with Crippen molar-refractivity contribution in [2.45, 2.75) is 6.54 Å². The quantitative estimate of drug-likeness (QED) is 0.162. The molecule has 0 atom stereocenters. The molecule has 0 aliphatic heterocycles. The van der Waals surface area contributed by atoms with E-state index in [-0.39, 0.29) is 0 Å². The van der Waals surface area contributed by atoms with Crippen LogP contribution in [0.4, 0.5) is 0 Å². The van der Waals surface area contributed by atoms with Gasteiger partial charge in [-0.2, -0.15) is 0 Å². The molecule has 4 aromatic carbocycles. The second-order valence-electron chi connectivity index (χ2n) is 11.8. The van der Waals surface area contributed by atoms with Crippen LogP contribution in [0.15, 0.2) is 84.9 Å². The molecule has 0 N–H and O–H groups in total. The van der Waals surface area contributed by atoms with Gasteiger partial charge in [0.1, 0.15) is 24.7 Å². The summed E-state index contributed by atoms with van der Waals surface area (Å²) in [6, 6.07) is 30.6. The van der Waals surface area contributed by atoms with Crippen molar-refractivity contribution in [3.63, 3.8) is 0 Å². The molecule has 0 saturated heterocycles. The summed E-state index contributed by atoms with van der Waals surface area (Å²) in [4.78, 5) is 6.49. The summed E-state index contributed by atoms with van der Waals surface area (Å²) in [5.74, 6) is 1.81. The number of rotatable bonds is 13. The average molecular weight is 565 g/mol. The van der Waals surface area contributed by atoms with Gasteiger partial charge < -0.3 is 28.7 Å². The van der Waals surface area contributed by atoms with Crippen LogP contribution >= 0.6 is 0 Å². The monoisotopic (exact) mass is 564 g/mol. The van der Waals surface area contributed by atoms with Crippen LogP contribution in [0, 0.1) is 0 Å². The van der Waals surface area contributed by atoms with Crippen LogP contribution in [0.3, 0.4) is 0 Å². The van der Waals surface area contributed by atoms with Crippen molar-refractivity contribution in [1.29, 1.82) is 0 Å². The maximum Gasteiger partial charge on any atom is 0.119 e. The Morgan fingerprint density at radius 3 is 1.24 bits per heavy atom. The molecule has 0 aliphatic carbocycles. The SMILES string of the molecule is CN(C)CCOc1ccc(-c2ccc3c(c2)c2cc(-c4ccc(OCCN(C)C)cc4)ccc2n3CCN(C)C)cc1. The van der Waals surface area contributed by atoms with Crippen molar-refractivity contribution in [3.05, 3.63) is 84.9 Å². The zero-order valence-corrected chi connectivity index (χ0v) is 25.9. The first kappa shape index (κ1) is 29.6. The molecule has 6 heteroatoms. The van der Waals surface area contributed by atoms with Gasteiger partial charge in [0.25, 0.3) is 0 Å². The Morgan fingerprint density at radius 2 is 0.857 bits per heavy atom. The molecule has 6 nitrogen and oxygen atoms in total. The molecular formula is C36H44N4O2. The topological polar surface area (TPSA) is 33.1 Å². The minimum Gasteiger partial charge on any atom is -0.492 e. The lowest BCUT2D eigenvalue weighted by Crippen LogP contribution is -2.19. The third-order valence-corrected chi connectivity index (χ3v) is 7.63. The second kappa shape index (κ2) is 13.4. The van der Waals surface area contributed by atoms with Crippen LogP contribution in [0.25, 0.3) is 44.1 Å². The number of benzene rings is 4. The Labute approximate surface area is 250 Å². The van der Waals surface area contributed by atoms with Gasteiger partial charge in [0, 0.05) is 48.0 Å². The molecular weight excluding hydrogens is 520 g/mol. The minimum absolute atomic E-state index is 0.680. The van der Waals surface area contributed by atoms with Crippen molar-refractivity contribution in [3.8, 4) is 33.8 Å². The molecule has 0 spiro atoms. The van der Waals surface area contributed by atoms with Crippen molar-refractivity contribution in [1.82, 2.24) is 19.3 Å². The lowest BCUT2D eigenvalue weighted by molar-refractivity contribution is 0.261. The molecule has 0 fully saturated rings. The zero-order chi connectivity index (χ0) is 29.6. The third-order valence-electron chi connectivity index (χ3n) is 7.63. The second-order valence-corrected chi connectivity index (χ2v) is 11.8. The number of hydrogen-bond donors (Lipinski definition) is 0. The molecule has 1 heterocycles. The van der Waals surface area contributed by atoms with Crippen molar-refractivity contribution < 1.29 is 9.47 Å². The molecule has 0 saturated carbocycles. The van der Waals surface area contributed by atoms with Gasteiger partial charge >= 0.3 is 0 Å². The minimum atomic E-state index is 0.680. The zero-order valence-electron chi connectivity index (χ0n) is 25.9. The van der Waals surface area contributed by atoms with Gasteiger partial charge in [-0.3, -0.25) is 0 Å². The summed E-state index contributed by atoms with van der Waals surface area (Å²) in [7, 11) is 12.5. The van der Waals surface area contributed by atoms with E-state index in [1.807, 2.05) is 0 Å². The van der Waals surface area contributed by atoms with Crippen LogP contribution in [0.2, 0.25) is 0 Å². The average Bonchev–Trinajstić information content (AvgIpc) is 3.28. The molecule has 0 bridgehead atoms. The predicted octanol–water partition coefficient (Wildman–Crippen LogP) is 6.57. The van der Waals surface area contributed by atoms with E-state index in [9.17, 15) is 0 Å². The molecule has 220 valence electrons. The lowest BCUT2D eigenvalue weighted by Gasteiger charge is -2.13. The Hall–Kier alpha value is -3.84. The fraction of sp³-hybridized carbons (Fsp3) is 0.333. The van der Waals surface area contributed by atoms with Gasteiger partial charge in [-0.25, -0.2) is 0 Å². The molecule has 0 radical (unpaired) electrons. The fourth-order valence-corrected chi connectivity index (χ4v) is 5.18. The van der Waals surface area contributed by atoms with Gasteiger partial charge in [-0.1, -0.05) is 36.4 Å². The maximum atomic E-state index is 5.92. The number of fused-ring (bicyclic) bond motifs is 3. The molecule has 1 aromatic heterocycles. The first-order chi connectivity index (χ1) is 20.3. The van der Waals surface area contributed by atoms with Crippen molar-refractivity contribution >= 4 is 21.8 Å². The largest absolute Gasteiger partial charge is 0.492 e.